The van der Waals surface area contributed by atoms with Crippen LogP contribution in [-0.4, -0.2) is 16.5 Å². The quantitative estimate of drug-likeness (QED) is 0.772. The van der Waals surface area contributed by atoms with Crippen molar-refractivity contribution in [3.05, 3.63) is 11.4 Å². The minimum Gasteiger partial charge on any atom is -0.369 e. The Balaban J connectivity index is 2.00. The number of rotatable bonds is 6. The van der Waals surface area contributed by atoms with Gasteiger partial charge in [-0.2, -0.15) is 4.98 Å². The van der Waals surface area contributed by atoms with E-state index in [1.54, 1.807) is 11.3 Å². The van der Waals surface area contributed by atoms with Gasteiger partial charge in [0.15, 0.2) is 0 Å². The van der Waals surface area contributed by atoms with Gasteiger partial charge in [-0.3, -0.25) is 0 Å². The number of hydrogen-bond donors (Lipinski definition) is 2. The van der Waals surface area contributed by atoms with E-state index in [0.717, 1.165) is 22.6 Å². The van der Waals surface area contributed by atoms with Crippen LogP contribution in [0.2, 0.25) is 0 Å². The molecule has 2 rings (SSSR count). The van der Waals surface area contributed by atoms with Crippen LogP contribution in [0.4, 0.5) is 11.8 Å². The molecule has 0 aliphatic carbocycles. The van der Waals surface area contributed by atoms with Gasteiger partial charge in [0.25, 0.3) is 0 Å². The largest absolute Gasteiger partial charge is 0.369 e. The molecule has 2 aromatic rings. The number of nitrogens with one attached hydrogen (secondary N) is 1. The SMILES string of the molecule is CCCCCCNc1nc(N)nc2sccc12. The van der Waals surface area contributed by atoms with Gasteiger partial charge in [0.1, 0.15) is 10.6 Å². The van der Waals surface area contributed by atoms with Crippen LogP contribution in [-0.2, 0) is 0 Å². The van der Waals surface area contributed by atoms with Crippen molar-refractivity contribution < 1.29 is 0 Å². The third kappa shape index (κ3) is 3.06. The van der Waals surface area contributed by atoms with Crippen LogP contribution < -0.4 is 11.1 Å². The molecule has 0 aromatic carbocycles. The lowest BCUT2D eigenvalue weighted by atomic mass is 10.2. The zero-order valence-electron chi connectivity index (χ0n) is 10.1. The lowest BCUT2D eigenvalue weighted by molar-refractivity contribution is 0.684. The van der Waals surface area contributed by atoms with Crippen molar-refractivity contribution in [3.63, 3.8) is 0 Å². The summed E-state index contributed by atoms with van der Waals surface area (Å²) in [6.45, 7) is 3.16. The monoisotopic (exact) mass is 250 g/mol. The summed E-state index contributed by atoms with van der Waals surface area (Å²) >= 11 is 1.59. The smallest absolute Gasteiger partial charge is 0.223 e. The average Bonchev–Trinajstić information content (AvgIpc) is 2.76. The Morgan fingerprint density at radius 1 is 1.29 bits per heavy atom. The normalized spacial score (nSPS) is 10.9. The standard InChI is InChI=1S/C12H18N4S/c1-2-3-4-5-7-14-10-9-6-8-17-11(9)16-12(13)15-10/h6,8H,2-5,7H2,1H3,(H3,13,14,15,16). The van der Waals surface area contributed by atoms with Crippen molar-refractivity contribution >= 4 is 33.3 Å². The molecule has 0 aliphatic rings. The van der Waals surface area contributed by atoms with Crippen LogP contribution in [0.1, 0.15) is 32.6 Å². The van der Waals surface area contributed by atoms with Crippen molar-refractivity contribution in [3.8, 4) is 0 Å². The maximum atomic E-state index is 5.68. The van der Waals surface area contributed by atoms with Gasteiger partial charge in [-0.05, 0) is 17.9 Å². The predicted molar refractivity (Wildman–Crippen MR) is 74.5 cm³/mol. The number of unbranched alkanes of at least 4 members (excludes halogenated alkanes) is 3. The Kier molecular flexibility index (Phi) is 4.14. The molecule has 0 fully saturated rings. The molecule has 0 spiro atoms. The fourth-order valence-corrected chi connectivity index (χ4v) is 2.54. The summed E-state index contributed by atoms with van der Waals surface area (Å²) in [7, 11) is 0. The zero-order chi connectivity index (χ0) is 12.1. The summed E-state index contributed by atoms with van der Waals surface area (Å²) in [5, 5.41) is 6.43. The molecule has 5 heteroatoms. The Morgan fingerprint density at radius 2 is 2.18 bits per heavy atom. The van der Waals surface area contributed by atoms with E-state index in [4.69, 9.17) is 5.73 Å². The lowest BCUT2D eigenvalue weighted by Crippen LogP contribution is -2.06. The highest BCUT2D eigenvalue weighted by Crippen LogP contribution is 2.25. The third-order valence-corrected chi connectivity index (χ3v) is 3.47. The lowest BCUT2D eigenvalue weighted by Gasteiger charge is -2.06. The van der Waals surface area contributed by atoms with Crippen molar-refractivity contribution in [1.29, 1.82) is 0 Å². The number of hydrogen-bond acceptors (Lipinski definition) is 5. The summed E-state index contributed by atoms with van der Waals surface area (Å²) in [6.07, 6.45) is 4.98. The van der Waals surface area contributed by atoms with E-state index in [2.05, 4.69) is 22.2 Å². The van der Waals surface area contributed by atoms with Gasteiger partial charge < -0.3 is 11.1 Å². The topological polar surface area (TPSA) is 63.8 Å². The number of nitrogens with zero attached hydrogens (tertiary/aromatic N) is 2. The zero-order valence-corrected chi connectivity index (χ0v) is 10.9. The third-order valence-electron chi connectivity index (χ3n) is 2.67. The van der Waals surface area contributed by atoms with E-state index in [-0.39, 0.29) is 0 Å². The summed E-state index contributed by atoms with van der Waals surface area (Å²) < 4.78 is 0. The first-order valence-electron chi connectivity index (χ1n) is 6.06. The molecule has 0 atom stereocenters. The Labute approximate surface area is 105 Å². The number of nitrogen functional groups attached to an aromatic ring is 1. The van der Waals surface area contributed by atoms with Gasteiger partial charge in [-0.25, -0.2) is 4.98 Å². The van der Waals surface area contributed by atoms with Crippen LogP contribution in [0.15, 0.2) is 11.4 Å². The molecule has 0 saturated carbocycles. The second-order valence-corrected chi connectivity index (χ2v) is 4.95. The van der Waals surface area contributed by atoms with E-state index < -0.39 is 0 Å². The van der Waals surface area contributed by atoms with Crippen LogP contribution in [0, 0.1) is 0 Å². The van der Waals surface area contributed by atoms with Crippen molar-refractivity contribution in [2.75, 3.05) is 17.6 Å². The Hall–Kier alpha value is -1.36. The summed E-state index contributed by atoms with van der Waals surface area (Å²) in [5.74, 6) is 1.21. The van der Waals surface area contributed by atoms with E-state index in [1.807, 2.05) is 11.4 Å². The van der Waals surface area contributed by atoms with Crippen molar-refractivity contribution in [2.45, 2.75) is 32.6 Å². The summed E-state index contributed by atoms with van der Waals surface area (Å²) in [4.78, 5) is 9.41. The molecular weight excluding hydrogens is 232 g/mol. The first-order chi connectivity index (χ1) is 8.31. The van der Waals surface area contributed by atoms with Gasteiger partial charge in [-0.15, -0.1) is 11.3 Å². The first kappa shape index (κ1) is 12.1. The van der Waals surface area contributed by atoms with Gasteiger partial charge in [-0.1, -0.05) is 26.2 Å². The number of anilines is 2. The van der Waals surface area contributed by atoms with Crippen LogP contribution in [0.3, 0.4) is 0 Å². The van der Waals surface area contributed by atoms with E-state index in [0.29, 0.717) is 5.95 Å². The minimum absolute atomic E-state index is 0.344. The number of thiophene rings is 1. The molecular formula is C12H18N4S. The Morgan fingerprint density at radius 3 is 3.00 bits per heavy atom. The molecule has 17 heavy (non-hydrogen) atoms. The average molecular weight is 250 g/mol. The summed E-state index contributed by atoms with van der Waals surface area (Å²) in [5.41, 5.74) is 5.68. The van der Waals surface area contributed by atoms with E-state index in [9.17, 15) is 0 Å². The molecule has 4 nitrogen and oxygen atoms in total. The second-order valence-electron chi connectivity index (χ2n) is 4.06. The van der Waals surface area contributed by atoms with Gasteiger partial charge in [0, 0.05) is 6.54 Å². The fraction of sp³-hybridized carbons (Fsp3) is 0.500. The summed E-state index contributed by atoms with van der Waals surface area (Å²) in [6, 6.07) is 2.04. The molecule has 0 amide bonds. The first-order valence-corrected chi connectivity index (χ1v) is 6.94. The molecule has 3 N–H and O–H groups in total. The predicted octanol–water partition coefficient (Wildman–Crippen LogP) is 3.27. The second kappa shape index (κ2) is 5.82. The van der Waals surface area contributed by atoms with Crippen LogP contribution in [0.25, 0.3) is 10.2 Å². The van der Waals surface area contributed by atoms with Crippen LogP contribution >= 0.6 is 11.3 Å². The number of aromatic nitrogens is 2. The Bertz CT molecular complexity index is 480. The molecule has 0 unspecified atom stereocenters. The highest BCUT2D eigenvalue weighted by molar-refractivity contribution is 7.16. The number of nitrogens with two attached hydrogens (primary N) is 1. The molecule has 2 heterocycles. The maximum absolute atomic E-state index is 5.68. The molecule has 2 aromatic heterocycles. The highest BCUT2D eigenvalue weighted by atomic mass is 32.1. The number of fused-ring (bicyclic) bond motifs is 1. The molecule has 0 bridgehead atoms. The molecule has 0 radical (unpaired) electrons. The molecule has 0 aliphatic heterocycles. The van der Waals surface area contributed by atoms with Gasteiger partial charge >= 0.3 is 0 Å². The fourth-order valence-electron chi connectivity index (χ4n) is 1.77. The molecule has 92 valence electrons. The van der Waals surface area contributed by atoms with Gasteiger partial charge in [0.05, 0.1) is 5.39 Å². The van der Waals surface area contributed by atoms with E-state index in [1.165, 1.54) is 25.7 Å². The van der Waals surface area contributed by atoms with E-state index >= 15 is 0 Å². The minimum atomic E-state index is 0.344. The molecule has 0 saturated heterocycles. The van der Waals surface area contributed by atoms with Crippen LogP contribution in [0.5, 0.6) is 0 Å². The maximum Gasteiger partial charge on any atom is 0.223 e. The highest BCUT2D eigenvalue weighted by Gasteiger charge is 2.06. The van der Waals surface area contributed by atoms with Crippen molar-refractivity contribution in [2.24, 2.45) is 0 Å². The van der Waals surface area contributed by atoms with Gasteiger partial charge in [0.2, 0.25) is 5.95 Å². The van der Waals surface area contributed by atoms with Crippen molar-refractivity contribution in [1.82, 2.24) is 9.97 Å².